The van der Waals surface area contributed by atoms with Gasteiger partial charge in [-0.25, -0.2) is 13.1 Å². The van der Waals surface area contributed by atoms with Gasteiger partial charge in [-0.3, -0.25) is 0 Å². The van der Waals surface area contributed by atoms with Crippen LogP contribution in [0.2, 0.25) is 0 Å². The van der Waals surface area contributed by atoms with Gasteiger partial charge in [0.05, 0.1) is 0 Å². The lowest BCUT2D eigenvalue weighted by Gasteiger charge is -2.04. The van der Waals surface area contributed by atoms with Gasteiger partial charge in [-0.1, -0.05) is 25.1 Å². The summed E-state index contributed by atoms with van der Waals surface area (Å²) < 4.78 is 34.6. The van der Waals surface area contributed by atoms with Crippen molar-refractivity contribution in [3.63, 3.8) is 0 Å². The molecular weight excluding hydrogens is 304 g/mol. The van der Waals surface area contributed by atoms with E-state index >= 15 is 0 Å². The van der Waals surface area contributed by atoms with E-state index in [-0.39, 0.29) is 10.8 Å². The van der Waals surface area contributed by atoms with E-state index in [2.05, 4.69) is 14.9 Å². The highest BCUT2D eigenvalue weighted by atomic mass is 32.2. The SMILES string of the molecule is CCc1nc(NS(=O)(=O)c2c(C)n(C)c3ccccc23)no1. The highest BCUT2D eigenvalue weighted by molar-refractivity contribution is 7.93. The average Bonchev–Trinajstić information content (AvgIpc) is 3.03. The summed E-state index contributed by atoms with van der Waals surface area (Å²) in [5.74, 6) is 0.330. The number of anilines is 1. The Morgan fingerprint density at radius 3 is 2.73 bits per heavy atom. The number of hydrogen-bond donors (Lipinski definition) is 1. The molecule has 0 atom stereocenters. The molecule has 3 rings (SSSR count). The fourth-order valence-corrected chi connectivity index (χ4v) is 3.85. The molecule has 116 valence electrons. The third-order valence-corrected chi connectivity index (χ3v) is 5.11. The first-order chi connectivity index (χ1) is 10.4. The van der Waals surface area contributed by atoms with E-state index in [1.807, 2.05) is 36.7 Å². The maximum atomic E-state index is 12.7. The zero-order valence-electron chi connectivity index (χ0n) is 12.5. The van der Waals surface area contributed by atoms with Crippen LogP contribution in [-0.2, 0) is 23.5 Å². The smallest absolute Gasteiger partial charge is 0.277 e. The van der Waals surface area contributed by atoms with E-state index in [9.17, 15) is 8.42 Å². The van der Waals surface area contributed by atoms with Gasteiger partial charge < -0.3 is 9.09 Å². The van der Waals surface area contributed by atoms with E-state index < -0.39 is 10.0 Å². The Bertz CT molecular complexity index is 940. The van der Waals surface area contributed by atoms with Gasteiger partial charge in [0.1, 0.15) is 4.90 Å². The molecule has 0 spiro atoms. The molecule has 7 nitrogen and oxygen atoms in total. The van der Waals surface area contributed by atoms with Crippen molar-refractivity contribution in [1.29, 1.82) is 0 Å². The summed E-state index contributed by atoms with van der Waals surface area (Å²) >= 11 is 0. The largest absolute Gasteiger partial charge is 0.347 e. The second-order valence-electron chi connectivity index (χ2n) is 4.96. The second kappa shape index (κ2) is 5.13. The van der Waals surface area contributed by atoms with Crippen LogP contribution < -0.4 is 4.72 Å². The van der Waals surface area contributed by atoms with Gasteiger partial charge in [-0.2, -0.15) is 4.98 Å². The monoisotopic (exact) mass is 320 g/mol. The molecule has 3 aromatic rings. The molecule has 0 fully saturated rings. The molecule has 1 N–H and O–H groups in total. The van der Waals surface area contributed by atoms with E-state index in [1.165, 1.54) is 0 Å². The van der Waals surface area contributed by atoms with Gasteiger partial charge in [0.15, 0.2) is 0 Å². The molecule has 0 aliphatic heterocycles. The zero-order valence-corrected chi connectivity index (χ0v) is 13.3. The standard InChI is InChI=1S/C14H16N4O3S/c1-4-12-15-14(16-21-12)17-22(19,20)13-9(2)18(3)11-8-6-5-7-10(11)13/h5-8H,4H2,1-3H3,(H,16,17). The molecule has 0 saturated heterocycles. The number of sulfonamides is 1. The minimum absolute atomic E-state index is 0.0517. The quantitative estimate of drug-likeness (QED) is 0.796. The van der Waals surface area contributed by atoms with Crippen molar-refractivity contribution in [2.24, 2.45) is 7.05 Å². The van der Waals surface area contributed by atoms with Crippen molar-refractivity contribution in [3.05, 3.63) is 35.9 Å². The van der Waals surface area contributed by atoms with Crippen LogP contribution in [-0.4, -0.2) is 23.1 Å². The summed E-state index contributed by atoms with van der Waals surface area (Å²) in [5.41, 5.74) is 1.50. The first-order valence-electron chi connectivity index (χ1n) is 6.83. The van der Waals surface area contributed by atoms with Gasteiger partial charge in [-0.15, -0.1) is 0 Å². The number of aryl methyl sites for hydroxylation is 2. The molecule has 0 amide bonds. The van der Waals surface area contributed by atoms with Crippen LogP contribution in [0.5, 0.6) is 0 Å². The molecule has 0 unspecified atom stereocenters. The average molecular weight is 320 g/mol. The molecular formula is C14H16N4O3S. The van der Waals surface area contributed by atoms with Gasteiger partial charge in [0.25, 0.3) is 16.0 Å². The molecule has 0 aliphatic carbocycles. The first kappa shape index (κ1) is 14.6. The first-order valence-corrected chi connectivity index (χ1v) is 8.31. The van der Waals surface area contributed by atoms with Crippen molar-refractivity contribution < 1.29 is 12.9 Å². The van der Waals surface area contributed by atoms with E-state index in [1.54, 1.807) is 13.0 Å². The number of aromatic nitrogens is 3. The Kier molecular flexibility index (Phi) is 3.40. The van der Waals surface area contributed by atoms with Crippen LogP contribution in [0.1, 0.15) is 18.5 Å². The van der Waals surface area contributed by atoms with Crippen LogP contribution in [0, 0.1) is 6.92 Å². The van der Waals surface area contributed by atoms with E-state index in [0.717, 1.165) is 5.52 Å². The highest BCUT2D eigenvalue weighted by Gasteiger charge is 2.25. The lowest BCUT2D eigenvalue weighted by molar-refractivity contribution is 0.383. The van der Waals surface area contributed by atoms with Crippen LogP contribution >= 0.6 is 0 Å². The minimum atomic E-state index is -3.80. The number of fused-ring (bicyclic) bond motifs is 1. The number of hydrogen-bond acceptors (Lipinski definition) is 5. The van der Waals surface area contributed by atoms with Crippen LogP contribution in [0.3, 0.4) is 0 Å². The van der Waals surface area contributed by atoms with Gasteiger partial charge in [-0.05, 0) is 18.1 Å². The fourth-order valence-electron chi connectivity index (χ4n) is 2.44. The summed E-state index contributed by atoms with van der Waals surface area (Å²) in [6, 6.07) is 7.35. The number of rotatable bonds is 4. The van der Waals surface area contributed by atoms with Crippen molar-refractivity contribution in [2.75, 3.05) is 4.72 Å². The fraction of sp³-hybridized carbons (Fsp3) is 0.286. The predicted molar refractivity (Wildman–Crippen MR) is 82.1 cm³/mol. The van der Waals surface area contributed by atoms with E-state index in [4.69, 9.17) is 4.52 Å². The minimum Gasteiger partial charge on any atom is -0.347 e. The lowest BCUT2D eigenvalue weighted by Crippen LogP contribution is -2.15. The molecule has 2 heterocycles. The van der Waals surface area contributed by atoms with Crippen LogP contribution in [0.4, 0.5) is 5.95 Å². The van der Waals surface area contributed by atoms with Crippen molar-refractivity contribution in [2.45, 2.75) is 25.2 Å². The Hall–Kier alpha value is -2.35. The number of benzene rings is 1. The molecule has 2 aromatic heterocycles. The Morgan fingerprint density at radius 2 is 2.05 bits per heavy atom. The van der Waals surface area contributed by atoms with Crippen molar-refractivity contribution >= 4 is 26.9 Å². The number of nitrogens with one attached hydrogen (secondary N) is 1. The van der Waals surface area contributed by atoms with Crippen molar-refractivity contribution in [1.82, 2.24) is 14.7 Å². The Morgan fingerprint density at radius 1 is 1.32 bits per heavy atom. The third-order valence-electron chi connectivity index (χ3n) is 3.61. The number of nitrogens with zero attached hydrogens (tertiary/aromatic N) is 3. The molecule has 0 aliphatic rings. The molecule has 22 heavy (non-hydrogen) atoms. The van der Waals surface area contributed by atoms with Gasteiger partial charge in [0, 0.05) is 30.1 Å². The lowest BCUT2D eigenvalue weighted by atomic mass is 10.2. The predicted octanol–water partition coefficient (Wildman–Crippen LogP) is 2.23. The summed E-state index contributed by atoms with van der Waals surface area (Å²) in [6.45, 7) is 3.61. The normalized spacial score (nSPS) is 12.0. The molecule has 0 bridgehead atoms. The summed E-state index contributed by atoms with van der Waals surface area (Å²) in [6.07, 6.45) is 0.544. The van der Waals surface area contributed by atoms with Gasteiger partial charge >= 0.3 is 0 Å². The van der Waals surface area contributed by atoms with Crippen LogP contribution in [0.15, 0.2) is 33.7 Å². The maximum Gasteiger partial charge on any atom is 0.277 e. The zero-order chi connectivity index (χ0) is 15.9. The summed E-state index contributed by atoms with van der Waals surface area (Å²) in [5, 5.41) is 4.29. The topological polar surface area (TPSA) is 90.0 Å². The highest BCUT2D eigenvalue weighted by Crippen LogP contribution is 2.29. The number of para-hydroxylation sites is 1. The third kappa shape index (κ3) is 2.25. The van der Waals surface area contributed by atoms with Crippen molar-refractivity contribution in [3.8, 4) is 0 Å². The summed E-state index contributed by atoms with van der Waals surface area (Å²) in [7, 11) is -1.97. The Balaban J connectivity index is 2.11. The maximum absolute atomic E-state index is 12.7. The molecule has 8 heteroatoms. The molecule has 0 saturated carbocycles. The molecule has 1 aromatic carbocycles. The van der Waals surface area contributed by atoms with Gasteiger partial charge in [0.2, 0.25) is 5.89 Å². The Labute approximate surface area is 128 Å². The molecule has 0 radical (unpaired) electrons. The van der Waals surface area contributed by atoms with Crippen LogP contribution in [0.25, 0.3) is 10.9 Å². The second-order valence-corrected chi connectivity index (χ2v) is 6.58. The van der Waals surface area contributed by atoms with E-state index in [0.29, 0.717) is 23.4 Å². The summed E-state index contributed by atoms with van der Waals surface area (Å²) in [4.78, 5) is 4.21.